The van der Waals surface area contributed by atoms with Gasteiger partial charge in [0.2, 0.25) is 0 Å². The maximum Gasteiger partial charge on any atom is 0.135 e. The Kier molecular flexibility index (Phi) is 7.62. The van der Waals surface area contributed by atoms with Crippen molar-refractivity contribution in [3.63, 3.8) is 0 Å². The fourth-order valence-corrected chi connectivity index (χ4v) is 11.0. The average molecular weight is 777 g/mol. The Balaban J connectivity index is 0.953. The number of hydrogen-bond acceptors (Lipinski definition) is 4. The van der Waals surface area contributed by atoms with Crippen LogP contribution in [0.25, 0.3) is 121 Å². The van der Waals surface area contributed by atoms with Crippen molar-refractivity contribution >= 4 is 110 Å². The van der Waals surface area contributed by atoms with Crippen molar-refractivity contribution in [1.29, 1.82) is 0 Å². The zero-order chi connectivity index (χ0) is 38.2. The number of thiophene rings is 2. The second kappa shape index (κ2) is 13.3. The van der Waals surface area contributed by atoms with Gasteiger partial charge in [-0.25, -0.2) is 0 Å². The number of rotatable bonds is 3. The van der Waals surface area contributed by atoms with Crippen LogP contribution in [0.2, 0.25) is 0 Å². The van der Waals surface area contributed by atoms with E-state index in [2.05, 4.69) is 194 Å². The van der Waals surface area contributed by atoms with Crippen molar-refractivity contribution < 1.29 is 8.83 Å². The van der Waals surface area contributed by atoms with E-state index in [1.165, 1.54) is 74.1 Å². The highest BCUT2D eigenvalue weighted by Gasteiger charge is 2.17. The second-order valence-corrected chi connectivity index (χ2v) is 16.9. The van der Waals surface area contributed by atoms with Crippen LogP contribution >= 0.6 is 22.7 Å². The molecular weight excluding hydrogens is 745 g/mol. The summed E-state index contributed by atoms with van der Waals surface area (Å²) in [5.74, 6) is 0. The molecule has 0 unspecified atom stereocenters. The van der Waals surface area contributed by atoms with Crippen molar-refractivity contribution in [2.75, 3.05) is 0 Å². The Labute approximate surface area is 341 Å². The minimum atomic E-state index is 0.855. The van der Waals surface area contributed by atoms with Crippen molar-refractivity contribution in [2.45, 2.75) is 0 Å². The van der Waals surface area contributed by atoms with Gasteiger partial charge in [-0.3, -0.25) is 0 Å². The zero-order valence-electron chi connectivity index (χ0n) is 31.1. The average Bonchev–Trinajstić information content (AvgIpc) is 4.03. The molecule has 4 heterocycles. The quantitative estimate of drug-likeness (QED) is 0.179. The van der Waals surface area contributed by atoms with E-state index in [1.54, 1.807) is 0 Å². The minimum Gasteiger partial charge on any atom is -0.456 e. The van der Waals surface area contributed by atoms with Gasteiger partial charge in [0.25, 0.3) is 0 Å². The maximum atomic E-state index is 6.37. The molecule has 1 aliphatic rings. The largest absolute Gasteiger partial charge is 0.456 e. The van der Waals surface area contributed by atoms with Crippen LogP contribution in [-0.4, -0.2) is 0 Å². The van der Waals surface area contributed by atoms with E-state index in [0.29, 0.717) is 0 Å². The van der Waals surface area contributed by atoms with E-state index in [9.17, 15) is 0 Å². The molecule has 0 saturated carbocycles. The highest BCUT2D eigenvalue weighted by atomic mass is 32.1. The number of allylic oxidation sites excluding steroid dienone is 4. The SMILES string of the molecule is C1=C\c2sc3c(ccc4c5cc(-c6ccc7oc8ccc(-c9ccccc9)cc8c7c6)ccc5sc43)c2/C=C/C=C/C=c2/oc3ccc(-c4ccccc4)cc3/c2=C/1. The first-order valence-electron chi connectivity index (χ1n) is 19.5. The summed E-state index contributed by atoms with van der Waals surface area (Å²) in [6.07, 6.45) is 17.2. The van der Waals surface area contributed by atoms with Gasteiger partial charge in [-0.05, 0) is 94.1 Å². The van der Waals surface area contributed by atoms with Gasteiger partial charge >= 0.3 is 0 Å². The lowest BCUT2D eigenvalue weighted by molar-refractivity contribution is 0.576. The predicted octanol–water partition coefficient (Wildman–Crippen LogP) is 14.8. The van der Waals surface area contributed by atoms with Gasteiger partial charge in [-0.15, -0.1) is 22.7 Å². The third kappa shape index (κ3) is 5.45. The van der Waals surface area contributed by atoms with Gasteiger partial charge in [-0.1, -0.05) is 134 Å². The Bertz CT molecular complexity index is 3660. The van der Waals surface area contributed by atoms with Crippen LogP contribution in [0.5, 0.6) is 0 Å². The van der Waals surface area contributed by atoms with E-state index in [1.807, 2.05) is 22.7 Å². The van der Waals surface area contributed by atoms with Gasteiger partial charge in [0.15, 0.2) is 0 Å². The molecule has 4 heteroatoms. The molecule has 0 bridgehead atoms. The third-order valence-electron chi connectivity index (χ3n) is 11.4. The highest BCUT2D eigenvalue weighted by Crippen LogP contribution is 2.45. The fraction of sp³-hybridized carbons (Fsp3) is 0. The van der Waals surface area contributed by atoms with Gasteiger partial charge in [0.1, 0.15) is 22.2 Å². The summed E-state index contributed by atoms with van der Waals surface area (Å²) in [5, 5.41) is 8.33. The lowest BCUT2D eigenvalue weighted by Crippen LogP contribution is -2.19. The Morgan fingerprint density at radius 1 is 0.362 bits per heavy atom. The molecule has 0 aliphatic heterocycles. The predicted molar refractivity (Wildman–Crippen MR) is 250 cm³/mol. The Morgan fingerprint density at radius 3 is 1.66 bits per heavy atom. The van der Waals surface area contributed by atoms with E-state index in [-0.39, 0.29) is 0 Å². The first kappa shape index (κ1) is 33.2. The van der Waals surface area contributed by atoms with Gasteiger partial charge in [-0.2, -0.15) is 0 Å². The van der Waals surface area contributed by atoms with Crippen LogP contribution in [-0.2, 0) is 0 Å². The van der Waals surface area contributed by atoms with Gasteiger partial charge in [0, 0.05) is 52.7 Å². The van der Waals surface area contributed by atoms with E-state index >= 15 is 0 Å². The van der Waals surface area contributed by atoms with Crippen LogP contribution in [0.1, 0.15) is 10.4 Å². The maximum absolute atomic E-state index is 6.37. The van der Waals surface area contributed by atoms with E-state index in [0.717, 1.165) is 43.5 Å². The van der Waals surface area contributed by atoms with Crippen molar-refractivity contribution in [3.8, 4) is 33.4 Å². The Morgan fingerprint density at radius 2 is 0.948 bits per heavy atom. The molecule has 0 fully saturated rings. The molecule has 0 radical (unpaired) electrons. The summed E-state index contributed by atoms with van der Waals surface area (Å²) in [4.78, 5) is 1.24. The van der Waals surface area contributed by atoms with E-state index in [4.69, 9.17) is 8.83 Å². The molecule has 58 heavy (non-hydrogen) atoms. The lowest BCUT2D eigenvalue weighted by Gasteiger charge is -2.04. The smallest absolute Gasteiger partial charge is 0.135 e. The van der Waals surface area contributed by atoms with Crippen LogP contribution < -0.4 is 10.6 Å². The fourth-order valence-electron chi connectivity index (χ4n) is 8.50. The minimum absolute atomic E-state index is 0.855. The summed E-state index contributed by atoms with van der Waals surface area (Å²) in [7, 11) is 0. The Hall–Kier alpha value is -6.98. The molecule has 0 saturated heterocycles. The summed E-state index contributed by atoms with van der Waals surface area (Å²) in [5.41, 5.74) is 11.9. The topological polar surface area (TPSA) is 26.3 Å². The third-order valence-corrected chi connectivity index (χ3v) is 13.9. The van der Waals surface area contributed by atoms with Crippen molar-refractivity contribution in [1.82, 2.24) is 0 Å². The summed E-state index contributed by atoms with van der Waals surface area (Å²) in [6, 6.07) is 52.2. The molecular formula is C54H32O2S2. The second-order valence-electron chi connectivity index (χ2n) is 14.8. The van der Waals surface area contributed by atoms with Gasteiger partial charge in [0.05, 0.1) is 9.40 Å². The molecule has 0 amide bonds. The van der Waals surface area contributed by atoms with Crippen molar-refractivity contribution in [3.05, 3.63) is 191 Å². The molecule has 7 aromatic carbocycles. The molecule has 0 N–H and O–H groups in total. The van der Waals surface area contributed by atoms with Crippen LogP contribution in [0.15, 0.2) is 179 Å². The first-order valence-corrected chi connectivity index (χ1v) is 21.1. The van der Waals surface area contributed by atoms with Crippen LogP contribution in [0, 0.1) is 0 Å². The molecule has 4 aromatic heterocycles. The van der Waals surface area contributed by atoms with E-state index < -0.39 is 0 Å². The van der Waals surface area contributed by atoms with Crippen LogP contribution in [0.3, 0.4) is 0 Å². The molecule has 2 nitrogen and oxygen atoms in total. The molecule has 1 aliphatic carbocycles. The lowest BCUT2D eigenvalue weighted by atomic mass is 9.99. The number of hydrogen-bond donors (Lipinski definition) is 0. The normalized spacial score (nSPS) is 15.7. The zero-order valence-corrected chi connectivity index (χ0v) is 32.7. The van der Waals surface area contributed by atoms with Crippen LogP contribution in [0.4, 0.5) is 0 Å². The first-order chi connectivity index (χ1) is 28.7. The molecule has 272 valence electrons. The molecule has 11 aromatic rings. The number of benzene rings is 7. The van der Waals surface area contributed by atoms with Gasteiger partial charge < -0.3 is 8.83 Å². The van der Waals surface area contributed by atoms with Crippen molar-refractivity contribution in [2.24, 2.45) is 0 Å². The molecule has 0 spiro atoms. The number of furan rings is 2. The molecule has 0 atom stereocenters. The molecule has 12 rings (SSSR count). The number of fused-ring (bicyclic) bond motifs is 13. The monoisotopic (exact) mass is 776 g/mol. The summed E-state index contributed by atoms with van der Waals surface area (Å²) < 4.78 is 16.6. The standard InChI is InChI=1S/C54H32O2S2/c1-4-11-33(12-5-1)35-19-25-48-43(29-35)39-16-10-18-51-40(15-8-3-9-17-47(39)55-48)41-23-24-42-46-32-38(22-28-52(46)58-54(42)53(41)57-51)37-21-27-50-45(31-37)44-30-36(20-26-49(44)56-50)34-13-6-2-7-14-34/h1-32H/b8-3?,9-3+,15-8+,16-10?,17-9?,18-10-,39-16-,40-15?,47-17+,51-18?. The highest BCUT2D eigenvalue weighted by molar-refractivity contribution is 7.31. The summed E-state index contributed by atoms with van der Waals surface area (Å²) in [6.45, 7) is 0. The summed E-state index contributed by atoms with van der Waals surface area (Å²) >= 11 is 3.76.